The molecule has 1 aromatic carbocycles. The van der Waals surface area contributed by atoms with Gasteiger partial charge >= 0.3 is 0 Å². The smallest absolute Gasteiger partial charge is 0.143 e. The van der Waals surface area contributed by atoms with E-state index >= 15 is 0 Å². The third-order valence-electron chi connectivity index (χ3n) is 2.58. The van der Waals surface area contributed by atoms with Gasteiger partial charge in [-0.3, -0.25) is 4.79 Å². The first kappa shape index (κ1) is 15.5. The minimum Gasteiger partial charge on any atom is -0.299 e. The number of hydrogen-bond donors (Lipinski definition) is 0. The standard InChI is InChI=1S/C15H19BrOS/c1-2-3-4-5-6-7-14(17)12-18-15-10-8-13(16)9-11-15/h2,8-11H,1,3-7,12H2. The molecule has 1 aromatic rings. The number of carbonyl (C=O) groups is 1. The quantitative estimate of drug-likeness (QED) is 0.350. The number of unbranched alkanes of at least 4 members (excludes halogenated alkanes) is 3. The van der Waals surface area contributed by atoms with Gasteiger partial charge in [-0.2, -0.15) is 0 Å². The van der Waals surface area contributed by atoms with E-state index < -0.39 is 0 Å². The van der Waals surface area contributed by atoms with Crippen molar-refractivity contribution in [3.63, 3.8) is 0 Å². The van der Waals surface area contributed by atoms with E-state index in [-0.39, 0.29) is 0 Å². The number of allylic oxidation sites excluding steroid dienone is 1. The second-order valence-corrected chi connectivity index (χ2v) is 6.13. The molecule has 3 heteroatoms. The average molecular weight is 327 g/mol. The van der Waals surface area contributed by atoms with Crippen LogP contribution in [-0.4, -0.2) is 11.5 Å². The highest BCUT2D eigenvalue weighted by molar-refractivity contribution is 9.10. The predicted octanol–water partition coefficient (Wildman–Crippen LogP) is 5.25. The number of rotatable bonds is 9. The van der Waals surface area contributed by atoms with Crippen molar-refractivity contribution in [3.8, 4) is 0 Å². The highest BCUT2D eigenvalue weighted by atomic mass is 79.9. The van der Waals surface area contributed by atoms with E-state index in [1.54, 1.807) is 11.8 Å². The molecule has 0 aliphatic carbocycles. The predicted molar refractivity (Wildman–Crippen MR) is 83.2 cm³/mol. The van der Waals surface area contributed by atoms with Crippen molar-refractivity contribution in [2.75, 3.05) is 5.75 Å². The van der Waals surface area contributed by atoms with Crippen LogP contribution in [-0.2, 0) is 4.79 Å². The zero-order valence-corrected chi connectivity index (χ0v) is 12.9. The summed E-state index contributed by atoms with van der Waals surface area (Å²) in [5, 5.41) is 0. The summed E-state index contributed by atoms with van der Waals surface area (Å²) >= 11 is 5.02. The van der Waals surface area contributed by atoms with Gasteiger partial charge in [0.1, 0.15) is 5.78 Å². The molecule has 0 saturated heterocycles. The van der Waals surface area contributed by atoms with E-state index in [4.69, 9.17) is 0 Å². The summed E-state index contributed by atoms with van der Waals surface area (Å²) in [5.74, 6) is 0.935. The van der Waals surface area contributed by atoms with Gasteiger partial charge in [0.15, 0.2) is 0 Å². The Kier molecular flexibility index (Phi) is 8.10. The third-order valence-corrected chi connectivity index (χ3v) is 4.18. The minimum absolute atomic E-state index is 0.349. The van der Waals surface area contributed by atoms with Crippen molar-refractivity contribution in [2.24, 2.45) is 0 Å². The van der Waals surface area contributed by atoms with E-state index in [1.165, 1.54) is 0 Å². The topological polar surface area (TPSA) is 17.1 Å². The van der Waals surface area contributed by atoms with Gasteiger partial charge in [0.25, 0.3) is 0 Å². The zero-order chi connectivity index (χ0) is 13.2. The van der Waals surface area contributed by atoms with Crippen molar-refractivity contribution in [1.82, 2.24) is 0 Å². The van der Waals surface area contributed by atoms with E-state index in [1.807, 2.05) is 30.3 Å². The van der Waals surface area contributed by atoms with Crippen molar-refractivity contribution < 1.29 is 4.79 Å². The largest absolute Gasteiger partial charge is 0.299 e. The molecule has 98 valence electrons. The van der Waals surface area contributed by atoms with Gasteiger partial charge in [0.05, 0.1) is 5.75 Å². The van der Waals surface area contributed by atoms with Crippen LogP contribution in [0.3, 0.4) is 0 Å². The lowest BCUT2D eigenvalue weighted by Gasteiger charge is -2.02. The summed E-state index contributed by atoms with van der Waals surface area (Å²) < 4.78 is 1.07. The summed E-state index contributed by atoms with van der Waals surface area (Å²) in [6.07, 6.45) is 6.98. The normalized spacial score (nSPS) is 10.3. The summed E-state index contributed by atoms with van der Waals surface area (Å²) in [5.41, 5.74) is 0. The van der Waals surface area contributed by atoms with Gasteiger partial charge in [0, 0.05) is 15.8 Å². The Morgan fingerprint density at radius 3 is 2.61 bits per heavy atom. The molecular formula is C15H19BrOS. The lowest BCUT2D eigenvalue weighted by molar-refractivity contribution is -0.116. The average Bonchev–Trinajstić information content (AvgIpc) is 2.38. The van der Waals surface area contributed by atoms with Crippen LogP contribution in [0.4, 0.5) is 0 Å². The lowest BCUT2D eigenvalue weighted by atomic mass is 10.1. The van der Waals surface area contributed by atoms with Gasteiger partial charge in [-0.25, -0.2) is 0 Å². The molecule has 0 aliphatic rings. The fourth-order valence-corrected chi connectivity index (χ4v) is 2.62. The second kappa shape index (κ2) is 9.40. The monoisotopic (exact) mass is 326 g/mol. The molecule has 0 heterocycles. The molecule has 0 N–H and O–H groups in total. The number of thioether (sulfide) groups is 1. The molecule has 0 saturated carbocycles. The molecule has 0 atom stereocenters. The summed E-state index contributed by atoms with van der Waals surface area (Å²) in [6, 6.07) is 8.07. The van der Waals surface area contributed by atoms with Crippen LogP contribution in [0.25, 0.3) is 0 Å². The number of halogens is 1. The van der Waals surface area contributed by atoms with E-state index in [9.17, 15) is 4.79 Å². The maximum absolute atomic E-state index is 11.7. The molecule has 0 spiro atoms. The molecular weight excluding hydrogens is 308 g/mol. The molecule has 0 bridgehead atoms. The summed E-state index contributed by atoms with van der Waals surface area (Å²) in [7, 11) is 0. The first-order valence-corrected chi connectivity index (χ1v) is 8.01. The van der Waals surface area contributed by atoms with E-state index in [0.717, 1.165) is 35.1 Å². The fraction of sp³-hybridized carbons (Fsp3) is 0.400. The van der Waals surface area contributed by atoms with Crippen LogP contribution in [0.15, 0.2) is 46.3 Å². The number of hydrogen-bond acceptors (Lipinski definition) is 2. The maximum atomic E-state index is 11.7. The Morgan fingerprint density at radius 1 is 1.22 bits per heavy atom. The van der Waals surface area contributed by atoms with Crippen molar-refractivity contribution in [1.29, 1.82) is 0 Å². The Hall–Kier alpha value is -0.540. The van der Waals surface area contributed by atoms with Crippen molar-refractivity contribution >= 4 is 33.5 Å². The SMILES string of the molecule is C=CCCCCCC(=O)CSc1ccc(Br)cc1. The van der Waals surface area contributed by atoms with Crippen LogP contribution >= 0.6 is 27.7 Å². The minimum atomic E-state index is 0.349. The van der Waals surface area contributed by atoms with Gasteiger partial charge in [-0.15, -0.1) is 18.3 Å². The van der Waals surface area contributed by atoms with Gasteiger partial charge in [0.2, 0.25) is 0 Å². The first-order chi connectivity index (χ1) is 8.72. The molecule has 0 fully saturated rings. The number of ketones is 1. The molecule has 0 aliphatic heterocycles. The van der Waals surface area contributed by atoms with E-state index in [0.29, 0.717) is 18.0 Å². The molecule has 0 radical (unpaired) electrons. The number of benzene rings is 1. The van der Waals surface area contributed by atoms with Crippen molar-refractivity contribution in [2.45, 2.75) is 37.0 Å². The molecule has 0 unspecified atom stereocenters. The van der Waals surface area contributed by atoms with Gasteiger partial charge in [-0.1, -0.05) is 28.4 Å². The van der Waals surface area contributed by atoms with Crippen LogP contribution < -0.4 is 0 Å². The number of Topliss-reactive ketones (excluding diaryl/α,β-unsaturated/α-hetero) is 1. The Labute approximate surface area is 122 Å². The highest BCUT2D eigenvalue weighted by Gasteiger charge is 2.03. The summed E-state index contributed by atoms with van der Waals surface area (Å²) in [4.78, 5) is 12.8. The van der Waals surface area contributed by atoms with Crippen LogP contribution in [0.5, 0.6) is 0 Å². The lowest BCUT2D eigenvalue weighted by Crippen LogP contribution is -2.00. The first-order valence-electron chi connectivity index (χ1n) is 6.23. The summed E-state index contributed by atoms with van der Waals surface area (Å²) in [6.45, 7) is 3.69. The van der Waals surface area contributed by atoms with Crippen LogP contribution in [0.2, 0.25) is 0 Å². The number of carbonyl (C=O) groups excluding carboxylic acids is 1. The molecule has 1 rings (SSSR count). The molecule has 1 nitrogen and oxygen atoms in total. The maximum Gasteiger partial charge on any atom is 0.143 e. The second-order valence-electron chi connectivity index (χ2n) is 4.17. The molecule has 0 amide bonds. The van der Waals surface area contributed by atoms with Gasteiger partial charge in [-0.05, 0) is 43.5 Å². The van der Waals surface area contributed by atoms with Crippen LogP contribution in [0.1, 0.15) is 32.1 Å². The van der Waals surface area contributed by atoms with Crippen molar-refractivity contribution in [3.05, 3.63) is 41.4 Å². The Morgan fingerprint density at radius 2 is 1.94 bits per heavy atom. The third kappa shape index (κ3) is 7.02. The fourth-order valence-electron chi connectivity index (χ4n) is 1.55. The molecule has 18 heavy (non-hydrogen) atoms. The molecule has 0 aromatic heterocycles. The van der Waals surface area contributed by atoms with Gasteiger partial charge < -0.3 is 0 Å². The highest BCUT2D eigenvalue weighted by Crippen LogP contribution is 2.21. The van der Waals surface area contributed by atoms with E-state index in [2.05, 4.69) is 22.5 Å². The Bertz CT molecular complexity index is 373. The van der Waals surface area contributed by atoms with Crippen LogP contribution in [0, 0.1) is 0 Å². The Balaban J connectivity index is 2.13. The zero-order valence-electron chi connectivity index (χ0n) is 10.5.